The van der Waals surface area contributed by atoms with Crippen molar-refractivity contribution in [3.05, 3.63) is 24.5 Å². The first-order valence-corrected chi connectivity index (χ1v) is 7.72. The summed E-state index contributed by atoms with van der Waals surface area (Å²) in [5.74, 6) is 0. The van der Waals surface area contributed by atoms with Crippen LogP contribution in [0.2, 0.25) is 0 Å². The van der Waals surface area contributed by atoms with Crippen molar-refractivity contribution < 1.29 is 8.42 Å². The smallest absolute Gasteiger partial charge is 0.244 e. The standard InChI is InChI=1S/C12H19N3O2S/c13-7-3-9-15(11-4-1-5-11)18(16,17)12-6-2-8-14-10-12/h2,6,8,10-11H,1,3-5,7,9,13H2. The topological polar surface area (TPSA) is 76.3 Å². The molecule has 1 aliphatic rings. The van der Waals surface area contributed by atoms with Crippen LogP contribution in [0.25, 0.3) is 0 Å². The van der Waals surface area contributed by atoms with Crippen molar-refractivity contribution in [2.45, 2.75) is 36.6 Å². The lowest BCUT2D eigenvalue weighted by molar-refractivity contribution is 0.218. The number of rotatable bonds is 6. The highest BCUT2D eigenvalue weighted by atomic mass is 32.2. The summed E-state index contributed by atoms with van der Waals surface area (Å²) in [5, 5.41) is 0. The van der Waals surface area contributed by atoms with Crippen LogP contribution in [0.5, 0.6) is 0 Å². The third-order valence-corrected chi connectivity index (χ3v) is 5.24. The minimum Gasteiger partial charge on any atom is -0.330 e. The molecule has 1 aromatic heterocycles. The first-order valence-electron chi connectivity index (χ1n) is 6.28. The van der Waals surface area contributed by atoms with E-state index in [1.807, 2.05) is 0 Å². The van der Waals surface area contributed by atoms with Gasteiger partial charge in [0.2, 0.25) is 10.0 Å². The molecule has 18 heavy (non-hydrogen) atoms. The molecule has 1 saturated carbocycles. The van der Waals surface area contributed by atoms with Crippen LogP contribution in [0.4, 0.5) is 0 Å². The molecule has 1 aromatic rings. The van der Waals surface area contributed by atoms with Crippen molar-refractivity contribution in [2.75, 3.05) is 13.1 Å². The average Bonchev–Trinajstić information content (AvgIpc) is 2.33. The van der Waals surface area contributed by atoms with E-state index >= 15 is 0 Å². The van der Waals surface area contributed by atoms with E-state index in [1.54, 1.807) is 22.6 Å². The summed E-state index contributed by atoms with van der Waals surface area (Å²) < 4.78 is 26.6. The summed E-state index contributed by atoms with van der Waals surface area (Å²) in [6.07, 6.45) is 6.67. The number of nitrogens with two attached hydrogens (primary N) is 1. The van der Waals surface area contributed by atoms with Gasteiger partial charge >= 0.3 is 0 Å². The van der Waals surface area contributed by atoms with Crippen LogP contribution in [0.15, 0.2) is 29.4 Å². The Hall–Kier alpha value is -0.980. The molecular weight excluding hydrogens is 250 g/mol. The maximum Gasteiger partial charge on any atom is 0.244 e. The van der Waals surface area contributed by atoms with Gasteiger partial charge in [-0.05, 0) is 37.9 Å². The SMILES string of the molecule is NCCCN(C1CCC1)S(=O)(=O)c1cccnc1. The molecule has 2 N–H and O–H groups in total. The largest absolute Gasteiger partial charge is 0.330 e. The van der Waals surface area contributed by atoms with E-state index in [1.165, 1.54) is 6.20 Å². The molecule has 0 radical (unpaired) electrons. The second kappa shape index (κ2) is 5.77. The zero-order chi connectivity index (χ0) is 13.0. The summed E-state index contributed by atoms with van der Waals surface area (Å²) in [4.78, 5) is 4.16. The number of aromatic nitrogens is 1. The normalized spacial score (nSPS) is 16.8. The summed E-state index contributed by atoms with van der Waals surface area (Å²) in [6, 6.07) is 3.38. The van der Waals surface area contributed by atoms with Gasteiger partial charge in [0.15, 0.2) is 0 Å². The Kier molecular flexibility index (Phi) is 4.31. The summed E-state index contributed by atoms with van der Waals surface area (Å²) in [7, 11) is -3.42. The van der Waals surface area contributed by atoms with Gasteiger partial charge in [0, 0.05) is 25.0 Å². The maximum atomic E-state index is 12.5. The molecule has 1 fully saturated rings. The second-order valence-electron chi connectivity index (χ2n) is 4.53. The van der Waals surface area contributed by atoms with Crippen molar-refractivity contribution in [2.24, 2.45) is 5.73 Å². The fraction of sp³-hybridized carbons (Fsp3) is 0.583. The molecule has 0 aliphatic heterocycles. The molecule has 1 heterocycles. The molecular formula is C12H19N3O2S. The molecule has 6 heteroatoms. The summed E-state index contributed by atoms with van der Waals surface area (Å²) >= 11 is 0. The van der Waals surface area contributed by atoms with E-state index in [0.717, 1.165) is 19.3 Å². The maximum absolute atomic E-state index is 12.5. The third-order valence-electron chi connectivity index (χ3n) is 3.31. The lowest BCUT2D eigenvalue weighted by Gasteiger charge is -2.36. The number of pyridine rings is 1. The van der Waals surface area contributed by atoms with Crippen LogP contribution in [0.3, 0.4) is 0 Å². The van der Waals surface area contributed by atoms with E-state index in [4.69, 9.17) is 5.73 Å². The fourth-order valence-electron chi connectivity index (χ4n) is 2.06. The Morgan fingerprint density at radius 3 is 2.72 bits per heavy atom. The second-order valence-corrected chi connectivity index (χ2v) is 6.42. The molecule has 0 atom stereocenters. The molecule has 0 amide bonds. The molecule has 0 saturated heterocycles. The van der Waals surface area contributed by atoms with E-state index in [2.05, 4.69) is 4.98 Å². The number of hydrogen-bond acceptors (Lipinski definition) is 4. The molecule has 5 nitrogen and oxygen atoms in total. The monoisotopic (exact) mass is 269 g/mol. The predicted molar refractivity (Wildman–Crippen MR) is 69.4 cm³/mol. The zero-order valence-corrected chi connectivity index (χ0v) is 11.1. The highest BCUT2D eigenvalue weighted by molar-refractivity contribution is 7.89. The van der Waals surface area contributed by atoms with Crippen LogP contribution < -0.4 is 5.73 Å². The Balaban J connectivity index is 2.23. The van der Waals surface area contributed by atoms with Crippen molar-refractivity contribution in [3.63, 3.8) is 0 Å². The van der Waals surface area contributed by atoms with Gasteiger partial charge < -0.3 is 5.73 Å². The Morgan fingerprint density at radius 1 is 1.44 bits per heavy atom. The Morgan fingerprint density at radius 2 is 2.22 bits per heavy atom. The minimum atomic E-state index is -3.42. The van der Waals surface area contributed by atoms with Crippen LogP contribution in [-0.2, 0) is 10.0 Å². The van der Waals surface area contributed by atoms with Crippen LogP contribution in [-0.4, -0.2) is 36.8 Å². The highest BCUT2D eigenvalue weighted by Gasteiger charge is 2.34. The van der Waals surface area contributed by atoms with Gasteiger partial charge in [-0.1, -0.05) is 6.42 Å². The summed E-state index contributed by atoms with van der Waals surface area (Å²) in [5.41, 5.74) is 5.48. The first-order chi connectivity index (χ1) is 8.66. The van der Waals surface area contributed by atoms with Gasteiger partial charge in [-0.3, -0.25) is 4.98 Å². The van der Waals surface area contributed by atoms with Crippen molar-refractivity contribution in [3.8, 4) is 0 Å². The molecule has 2 rings (SSSR count). The van der Waals surface area contributed by atoms with Crippen LogP contribution >= 0.6 is 0 Å². The van der Waals surface area contributed by atoms with E-state index in [-0.39, 0.29) is 10.9 Å². The average molecular weight is 269 g/mol. The van der Waals surface area contributed by atoms with Gasteiger partial charge in [0.05, 0.1) is 0 Å². The molecule has 0 spiro atoms. The van der Waals surface area contributed by atoms with E-state index < -0.39 is 10.0 Å². The number of nitrogens with zero attached hydrogens (tertiary/aromatic N) is 2. The Bertz CT molecular complexity index is 471. The predicted octanol–water partition coefficient (Wildman–Crippen LogP) is 0.974. The number of sulfonamides is 1. The van der Waals surface area contributed by atoms with Crippen molar-refractivity contribution in [1.82, 2.24) is 9.29 Å². The van der Waals surface area contributed by atoms with Crippen molar-refractivity contribution >= 4 is 10.0 Å². The first kappa shape index (κ1) is 13.5. The van der Waals surface area contributed by atoms with Gasteiger partial charge in [0.1, 0.15) is 4.90 Å². The van der Waals surface area contributed by atoms with Gasteiger partial charge in [0.25, 0.3) is 0 Å². The summed E-state index contributed by atoms with van der Waals surface area (Å²) in [6.45, 7) is 1.00. The molecule has 0 aromatic carbocycles. The van der Waals surface area contributed by atoms with E-state index in [9.17, 15) is 8.42 Å². The molecule has 0 bridgehead atoms. The lowest BCUT2D eigenvalue weighted by Crippen LogP contribution is -2.45. The van der Waals surface area contributed by atoms with Crippen LogP contribution in [0.1, 0.15) is 25.7 Å². The molecule has 1 aliphatic carbocycles. The van der Waals surface area contributed by atoms with E-state index in [0.29, 0.717) is 19.5 Å². The van der Waals surface area contributed by atoms with Gasteiger partial charge in [-0.2, -0.15) is 4.31 Å². The molecule has 100 valence electrons. The molecule has 0 unspecified atom stereocenters. The lowest BCUT2D eigenvalue weighted by atomic mass is 9.93. The highest BCUT2D eigenvalue weighted by Crippen LogP contribution is 2.29. The zero-order valence-electron chi connectivity index (χ0n) is 10.3. The fourth-order valence-corrected chi connectivity index (χ4v) is 3.74. The Labute approximate surface area is 108 Å². The van der Waals surface area contributed by atoms with Crippen molar-refractivity contribution in [1.29, 1.82) is 0 Å². The van der Waals surface area contributed by atoms with Gasteiger partial charge in [-0.25, -0.2) is 8.42 Å². The third kappa shape index (κ3) is 2.71. The number of hydrogen-bond donors (Lipinski definition) is 1. The minimum absolute atomic E-state index is 0.141. The quantitative estimate of drug-likeness (QED) is 0.835. The van der Waals surface area contributed by atoms with Gasteiger partial charge in [-0.15, -0.1) is 0 Å². The van der Waals surface area contributed by atoms with Crippen LogP contribution in [0, 0.1) is 0 Å².